The molecule has 154 valence electrons. The fourth-order valence-corrected chi connectivity index (χ4v) is 2.77. The van der Waals surface area contributed by atoms with Gasteiger partial charge in [0.05, 0.1) is 4.92 Å². The van der Waals surface area contributed by atoms with Gasteiger partial charge in [-0.1, -0.05) is 12.1 Å². The summed E-state index contributed by atoms with van der Waals surface area (Å²) in [4.78, 5) is 48.8. The van der Waals surface area contributed by atoms with Gasteiger partial charge in [-0.3, -0.25) is 29.5 Å². The van der Waals surface area contributed by atoms with E-state index in [1.165, 1.54) is 50.5 Å². The number of nitrogens with zero attached hydrogens (tertiary/aromatic N) is 3. The Kier molecular flexibility index (Phi) is 5.58. The van der Waals surface area contributed by atoms with Gasteiger partial charge < -0.3 is 4.74 Å². The molecule has 30 heavy (non-hydrogen) atoms. The number of carbonyl (C=O) groups excluding carboxylic acids is 3. The molecule has 1 heterocycles. The van der Waals surface area contributed by atoms with Crippen molar-refractivity contribution in [1.29, 1.82) is 0 Å². The van der Waals surface area contributed by atoms with Gasteiger partial charge in [-0.2, -0.15) is 0 Å². The van der Waals surface area contributed by atoms with Crippen molar-refractivity contribution in [1.82, 2.24) is 9.80 Å². The molecule has 0 bridgehead atoms. The maximum absolute atomic E-state index is 13.1. The minimum atomic E-state index is -0.834. The summed E-state index contributed by atoms with van der Waals surface area (Å²) in [6, 6.07) is 8.49. The van der Waals surface area contributed by atoms with E-state index in [9.17, 15) is 28.9 Å². The lowest BCUT2D eigenvalue weighted by Gasteiger charge is -2.28. The summed E-state index contributed by atoms with van der Waals surface area (Å²) in [5.74, 6) is -1.91. The number of imide groups is 2. The number of barbiturate groups is 1. The highest BCUT2D eigenvalue weighted by molar-refractivity contribution is 6.30. The van der Waals surface area contributed by atoms with Crippen molar-refractivity contribution in [2.45, 2.75) is 6.61 Å². The molecule has 1 aliphatic heterocycles. The normalized spacial score (nSPS) is 14.2. The summed E-state index contributed by atoms with van der Waals surface area (Å²) in [7, 11) is 2.45. The lowest BCUT2D eigenvalue weighted by Crippen LogP contribution is -2.52. The Morgan fingerprint density at radius 3 is 2.20 bits per heavy atom. The minimum absolute atomic E-state index is 0.0223. The van der Waals surface area contributed by atoms with E-state index in [0.29, 0.717) is 5.56 Å². The van der Waals surface area contributed by atoms with E-state index in [4.69, 9.17) is 4.74 Å². The SMILES string of the molecule is CN1C(=O)C(=Cc2cc([N+](=O)[O-])ccc2OCc2ccc(F)cc2)C(=O)N(C)C1=O. The Morgan fingerprint density at radius 1 is 1.03 bits per heavy atom. The van der Waals surface area contributed by atoms with E-state index in [0.717, 1.165) is 21.9 Å². The molecule has 1 fully saturated rings. The van der Waals surface area contributed by atoms with E-state index in [-0.39, 0.29) is 29.2 Å². The second kappa shape index (κ2) is 8.11. The molecule has 2 aromatic rings. The van der Waals surface area contributed by atoms with Crippen LogP contribution in [0.2, 0.25) is 0 Å². The van der Waals surface area contributed by atoms with Crippen LogP contribution in [-0.4, -0.2) is 46.7 Å². The Bertz CT molecular complexity index is 1050. The van der Waals surface area contributed by atoms with Gasteiger partial charge in [0.25, 0.3) is 17.5 Å². The molecule has 0 radical (unpaired) electrons. The topological polar surface area (TPSA) is 110 Å². The number of carbonyl (C=O) groups is 3. The van der Waals surface area contributed by atoms with E-state index in [1.807, 2.05) is 0 Å². The number of urea groups is 1. The molecule has 2 aromatic carbocycles. The second-order valence-corrected chi connectivity index (χ2v) is 6.46. The highest BCUT2D eigenvalue weighted by Crippen LogP contribution is 2.29. The van der Waals surface area contributed by atoms with Crippen LogP contribution in [0.3, 0.4) is 0 Å². The molecule has 0 atom stereocenters. The monoisotopic (exact) mass is 413 g/mol. The molecule has 0 saturated carbocycles. The predicted molar refractivity (Wildman–Crippen MR) is 103 cm³/mol. The molecule has 10 heteroatoms. The van der Waals surface area contributed by atoms with Crippen molar-refractivity contribution in [3.05, 3.63) is 75.1 Å². The van der Waals surface area contributed by atoms with Crippen LogP contribution in [0.25, 0.3) is 6.08 Å². The molecule has 0 N–H and O–H groups in total. The zero-order valence-corrected chi connectivity index (χ0v) is 16.0. The standard InChI is InChI=1S/C20H16FN3O6/c1-22-18(25)16(19(26)23(2)20(22)27)10-13-9-15(24(28)29)7-8-17(13)30-11-12-3-5-14(21)6-4-12/h3-10H,11H2,1-2H3. The van der Waals surface area contributed by atoms with Gasteiger partial charge in [-0.15, -0.1) is 0 Å². The number of halogens is 1. The molecule has 1 aliphatic rings. The number of amides is 4. The smallest absolute Gasteiger partial charge is 0.333 e. The van der Waals surface area contributed by atoms with Crippen LogP contribution in [0.5, 0.6) is 5.75 Å². The lowest BCUT2D eigenvalue weighted by molar-refractivity contribution is -0.384. The fraction of sp³-hybridized carbons (Fsp3) is 0.150. The van der Waals surface area contributed by atoms with Gasteiger partial charge in [0.2, 0.25) is 0 Å². The van der Waals surface area contributed by atoms with Gasteiger partial charge in [-0.25, -0.2) is 9.18 Å². The van der Waals surface area contributed by atoms with Gasteiger partial charge in [0.1, 0.15) is 23.7 Å². The second-order valence-electron chi connectivity index (χ2n) is 6.46. The zero-order chi connectivity index (χ0) is 22.0. The Balaban J connectivity index is 1.99. The van der Waals surface area contributed by atoms with Gasteiger partial charge in [0, 0.05) is 31.8 Å². The maximum Gasteiger partial charge on any atom is 0.333 e. The first kappa shape index (κ1) is 20.6. The summed E-state index contributed by atoms with van der Waals surface area (Å²) in [6.45, 7) is 0.0223. The summed E-state index contributed by atoms with van der Waals surface area (Å²) in [5.41, 5.74) is 0.138. The number of benzene rings is 2. The molecule has 3 rings (SSSR count). The van der Waals surface area contributed by atoms with Crippen LogP contribution >= 0.6 is 0 Å². The minimum Gasteiger partial charge on any atom is -0.488 e. The van der Waals surface area contributed by atoms with Crippen molar-refractivity contribution in [2.75, 3.05) is 14.1 Å². The van der Waals surface area contributed by atoms with Crippen LogP contribution in [0.4, 0.5) is 14.9 Å². The van der Waals surface area contributed by atoms with Gasteiger partial charge in [-0.05, 0) is 29.8 Å². The maximum atomic E-state index is 13.1. The number of hydrogen-bond acceptors (Lipinski definition) is 6. The van der Waals surface area contributed by atoms with E-state index < -0.39 is 28.6 Å². The number of ether oxygens (including phenoxy) is 1. The molecular formula is C20H16FN3O6. The van der Waals surface area contributed by atoms with E-state index >= 15 is 0 Å². The predicted octanol–water partition coefficient (Wildman–Crippen LogP) is 2.75. The largest absolute Gasteiger partial charge is 0.488 e. The molecule has 0 aliphatic carbocycles. The molecule has 0 aromatic heterocycles. The number of likely N-dealkylation sites (N-methyl/N-ethyl adjacent to an activating group) is 2. The van der Waals surface area contributed by atoms with Crippen LogP contribution in [-0.2, 0) is 16.2 Å². The quantitative estimate of drug-likeness (QED) is 0.323. The van der Waals surface area contributed by atoms with Crippen molar-refractivity contribution in [3.63, 3.8) is 0 Å². The first-order valence-corrected chi connectivity index (χ1v) is 8.66. The van der Waals surface area contributed by atoms with Gasteiger partial charge in [0.15, 0.2) is 0 Å². The molecule has 9 nitrogen and oxygen atoms in total. The number of non-ortho nitro benzene ring substituents is 1. The summed E-state index contributed by atoms with van der Waals surface area (Å²) < 4.78 is 18.7. The van der Waals surface area contributed by atoms with Crippen LogP contribution in [0, 0.1) is 15.9 Å². The molecule has 1 saturated heterocycles. The van der Waals surface area contributed by atoms with Crippen molar-refractivity contribution in [2.24, 2.45) is 0 Å². The van der Waals surface area contributed by atoms with Crippen LogP contribution < -0.4 is 4.74 Å². The van der Waals surface area contributed by atoms with Crippen molar-refractivity contribution < 1.29 is 28.4 Å². The third-order valence-corrected chi connectivity index (χ3v) is 4.46. The first-order chi connectivity index (χ1) is 14.2. The molecular weight excluding hydrogens is 397 g/mol. The number of nitro groups is 1. The van der Waals surface area contributed by atoms with Crippen molar-refractivity contribution >= 4 is 29.6 Å². The first-order valence-electron chi connectivity index (χ1n) is 8.66. The summed E-state index contributed by atoms with van der Waals surface area (Å²) >= 11 is 0. The van der Waals surface area contributed by atoms with E-state index in [2.05, 4.69) is 0 Å². The molecule has 0 unspecified atom stereocenters. The van der Waals surface area contributed by atoms with Crippen LogP contribution in [0.1, 0.15) is 11.1 Å². The average molecular weight is 413 g/mol. The average Bonchev–Trinajstić information content (AvgIpc) is 2.73. The number of rotatable bonds is 5. The Hall–Kier alpha value is -4.08. The van der Waals surface area contributed by atoms with E-state index in [1.54, 1.807) is 0 Å². The highest BCUT2D eigenvalue weighted by atomic mass is 19.1. The Labute approximate surface area is 170 Å². The summed E-state index contributed by atoms with van der Waals surface area (Å²) in [6.07, 6.45) is 1.15. The Morgan fingerprint density at radius 2 is 1.63 bits per heavy atom. The molecule has 4 amide bonds. The lowest BCUT2D eigenvalue weighted by atomic mass is 10.1. The van der Waals surface area contributed by atoms with Gasteiger partial charge >= 0.3 is 6.03 Å². The third-order valence-electron chi connectivity index (χ3n) is 4.46. The number of nitro benzene ring substituents is 1. The fourth-order valence-electron chi connectivity index (χ4n) is 2.77. The van der Waals surface area contributed by atoms with Crippen molar-refractivity contribution in [3.8, 4) is 5.75 Å². The molecule has 0 spiro atoms. The van der Waals surface area contributed by atoms with Crippen LogP contribution in [0.15, 0.2) is 48.0 Å². The highest BCUT2D eigenvalue weighted by Gasteiger charge is 2.38. The summed E-state index contributed by atoms with van der Waals surface area (Å²) in [5, 5.41) is 11.2. The number of hydrogen-bond donors (Lipinski definition) is 0. The third kappa shape index (κ3) is 4.02. The zero-order valence-electron chi connectivity index (χ0n) is 16.0.